The van der Waals surface area contributed by atoms with E-state index in [1.807, 2.05) is 41.2 Å². The van der Waals surface area contributed by atoms with Crippen LogP contribution < -0.4 is 10.6 Å². The lowest BCUT2D eigenvalue weighted by Crippen LogP contribution is -2.29. The van der Waals surface area contributed by atoms with Gasteiger partial charge in [-0.3, -0.25) is 10.00 Å². The van der Waals surface area contributed by atoms with Crippen molar-refractivity contribution in [3.05, 3.63) is 77.6 Å². The van der Waals surface area contributed by atoms with Crippen LogP contribution in [0.25, 0.3) is 21.1 Å². The van der Waals surface area contributed by atoms with E-state index >= 15 is 0 Å². The molecule has 1 aliphatic heterocycles. The van der Waals surface area contributed by atoms with Crippen LogP contribution in [0.4, 0.5) is 16.3 Å². The predicted octanol–water partition coefficient (Wildman–Crippen LogP) is 4.61. The van der Waals surface area contributed by atoms with Crippen molar-refractivity contribution in [2.45, 2.75) is 25.1 Å². The first kappa shape index (κ1) is 24.9. The molecule has 1 amide bonds. The number of carbonyl (C=O) groups excluding carboxylic acids is 1. The Morgan fingerprint density at radius 3 is 2.92 bits per heavy atom. The van der Waals surface area contributed by atoms with E-state index in [2.05, 4.69) is 61.8 Å². The van der Waals surface area contributed by atoms with E-state index in [1.54, 1.807) is 31.8 Å². The average Bonchev–Trinajstić information content (AvgIpc) is 3.67. The number of thiophene rings is 1. The van der Waals surface area contributed by atoms with Gasteiger partial charge in [-0.15, -0.1) is 11.3 Å². The molecule has 3 aromatic heterocycles. The summed E-state index contributed by atoms with van der Waals surface area (Å²) in [5, 5.41) is 12.4. The molecule has 5 aromatic rings. The van der Waals surface area contributed by atoms with Crippen LogP contribution in [0.15, 0.2) is 67.1 Å². The smallest absolute Gasteiger partial charge is 0.409 e. The molecule has 9 nitrogen and oxygen atoms in total. The molecule has 0 aliphatic carbocycles. The molecular formula is C29H27N7O2S. The van der Waals surface area contributed by atoms with Gasteiger partial charge in [-0.05, 0) is 29.8 Å². The summed E-state index contributed by atoms with van der Waals surface area (Å²) in [6.07, 6.45) is 3.60. The van der Waals surface area contributed by atoms with Crippen LogP contribution >= 0.6 is 11.3 Å². The molecule has 196 valence electrons. The maximum atomic E-state index is 11.8. The van der Waals surface area contributed by atoms with Crippen molar-refractivity contribution in [1.29, 1.82) is 0 Å². The largest absolute Gasteiger partial charge is 0.445 e. The van der Waals surface area contributed by atoms with E-state index in [0.29, 0.717) is 13.0 Å². The van der Waals surface area contributed by atoms with Crippen LogP contribution in [-0.2, 0) is 11.3 Å². The van der Waals surface area contributed by atoms with Crippen LogP contribution in [-0.4, -0.2) is 63.5 Å². The van der Waals surface area contributed by atoms with Crippen LogP contribution in [0.3, 0.4) is 0 Å². The minimum absolute atomic E-state index is 0.0339. The first-order valence-corrected chi connectivity index (χ1v) is 13.5. The number of amides is 1. The summed E-state index contributed by atoms with van der Waals surface area (Å²) < 4.78 is 8.41. The van der Waals surface area contributed by atoms with E-state index in [0.717, 1.165) is 44.0 Å². The molecule has 0 unspecified atom stereocenters. The summed E-state index contributed by atoms with van der Waals surface area (Å²) in [7, 11) is 3.35. The first-order chi connectivity index (χ1) is 19.0. The van der Waals surface area contributed by atoms with Gasteiger partial charge in [-0.1, -0.05) is 42.2 Å². The zero-order valence-corrected chi connectivity index (χ0v) is 22.4. The number of ether oxygens (including phenoxy) is 1. The van der Waals surface area contributed by atoms with Crippen molar-refractivity contribution in [3.8, 4) is 11.8 Å². The number of hydrogen-bond donors (Lipinski definition) is 2. The number of hydrogen-bond acceptors (Lipinski definition) is 8. The second kappa shape index (κ2) is 10.7. The van der Waals surface area contributed by atoms with Gasteiger partial charge >= 0.3 is 6.09 Å². The molecule has 6 rings (SSSR count). The van der Waals surface area contributed by atoms with Crippen LogP contribution in [0, 0.1) is 11.8 Å². The lowest BCUT2D eigenvalue weighted by molar-refractivity contribution is 0.0826. The van der Waals surface area contributed by atoms with Gasteiger partial charge in [0.25, 0.3) is 0 Å². The maximum absolute atomic E-state index is 11.8. The lowest BCUT2D eigenvalue weighted by Gasteiger charge is -2.15. The van der Waals surface area contributed by atoms with Gasteiger partial charge in [0, 0.05) is 38.1 Å². The van der Waals surface area contributed by atoms with Crippen molar-refractivity contribution in [1.82, 2.24) is 30.0 Å². The maximum Gasteiger partial charge on any atom is 0.409 e. The van der Waals surface area contributed by atoms with Gasteiger partial charge in [-0.25, -0.2) is 14.8 Å². The number of carbonyl (C=O) groups is 1. The zero-order chi connectivity index (χ0) is 26.8. The molecule has 2 aromatic carbocycles. The highest BCUT2D eigenvalue weighted by Crippen LogP contribution is 2.31. The summed E-state index contributed by atoms with van der Waals surface area (Å²) in [5.74, 6) is 7.27. The number of anilines is 2. The fourth-order valence-corrected chi connectivity index (χ4v) is 5.42. The Bertz CT molecular complexity index is 1700. The van der Waals surface area contributed by atoms with Gasteiger partial charge in [0.05, 0.1) is 39.4 Å². The molecule has 1 aliphatic rings. The summed E-state index contributed by atoms with van der Waals surface area (Å²) >= 11 is 1.55. The van der Waals surface area contributed by atoms with Crippen molar-refractivity contribution in [2.75, 3.05) is 26.0 Å². The first-order valence-electron chi connectivity index (χ1n) is 12.7. The van der Waals surface area contributed by atoms with E-state index in [-0.39, 0.29) is 18.2 Å². The van der Waals surface area contributed by atoms with Gasteiger partial charge < -0.3 is 15.0 Å². The highest BCUT2D eigenvalue weighted by atomic mass is 32.1. The van der Waals surface area contributed by atoms with Crippen molar-refractivity contribution in [2.24, 2.45) is 0 Å². The number of nitrogens with zero attached hydrogens (tertiary/aromatic N) is 5. The molecule has 0 radical (unpaired) electrons. The Morgan fingerprint density at radius 2 is 2.08 bits per heavy atom. The standard InChI is InChI=1S/C29H27N7O2S/c1-35(2)29(37)38-23-13-21(30-16-23)8-10-24-14-25-27(39-24)28(32-18-31-25)34-22-9-11-26-20(12-22)15-33-36(26)17-19-6-4-3-5-7-19/h3-7,9,11-12,14-15,18,21,23,30H,13,16-17H2,1-2H3,(H,31,32,34)/t21-,23+/m1/s1. The Kier molecular flexibility index (Phi) is 6.84. The normalized spacial score (nSPS) is 16.7. The molecule has 0 saturated carbocycles. The molecule has 2 N–H and O–H groups in total. The van der Waals surface area contributed by atoms with Crippen molar-refractivity contribution in [3.63, 3.8) is 0 Å². The quantitative estimate of drug-likeness (QED) is 0.316. The monoisotopic (exact) mass is 537 g/mol. The third-order valence-electron chi connectivity index (χ3n) is 6.48. The van der Waals surface area contributed by atoms with Gasteiger partial charge in [0.2, 0.25) is 0 Å². The highest BCUT2D eigenvalue weighted by Gasteiger charge is 2.26. The van der Waals surface area contributed by atoms with Crippen molar-refractivity contribution >= 4 is 50.1 Å². The molecule has 10 heteroatoms. The summed E-state index contributed by atoms with van der Waals surface area (Å²) in [6, 6.07) is 18.5. The summed E-state index contributed by atoms with van der Waals surface area (Å²) in [5.41, 5.74) is 4.05. The molecule has 0 bridgehead atoms. The number of rotatable bonds is 5. The zero-order valence-electron chi connectivity index (χ0n) is 21.6. The lowest BCUT2D eigenvalue weighted by atomic mass is 10.2. The molecular weight excluding hydrogens is 510 g/mol. The van der Waals surface area contributed by atoms with E-state index in [9.17, 15) is 4.79 Å². The third kappa shape index (κ3) is 5.55. The number of aromatic nitrogens is 4. The van der Waals surface area contributed by atoms with Gasteiger partial charge in [0.1, 0.15) is 12.4 Å². The topological polar surface area (TPSA) is 97.2 Å². The molecule has 0 spiro atoms. The van der Waals surface area contributed by atoms with E-state index < -0.39 is 0 Å². The Hall–Kier alpha value is -4.46. The second-order valence-corrected chi connectivity index (χ2v) is 10.7. The fraction of sp³-hybridized carbons (Fsp3) is 0.241. The fourth-order valence-electron chi connectivity index (χ4n) is 4.50. The van der Waals surface area contributed by atoms with Crippen LogP contribution in [0.1, 0.15) is 16.9 Å². The Morgan fingerprint density at radius 1 is 1.21 bits per heavy atom. The Balaban J connectivity index is 1.16. The van der Waals surface area contributed by atoms with Crippen molar-refractivity contribution < 1.29 is 9.53 Å². The van der Waals surface area contributed by atoms with Crippen LogP contribution in [0.5, 0.6) is 0 Å². The van der Waals surface area contributed by atoms with E-state index in [1.165, 1.54) is 10.5 Å². The highest BCUT2D eigenvalue weighted by molar-refractivity contribution is 7.20. The minimum atomic E-state index is -0.335. The number of nitrogens with one attached hydrogen (secondary N) is 2. The number of benzene rings is 2. The molecule has 2 atom stereocenters. The SMILES string of the molecule is CN(C)C(=O)O[C@@H]1CN[C@H](C#Cc2cc3ncnc(Nc4ccc5c(cnn5Cc5ccccc5)c4)c3s2)C1. The minimum Gasteiger partial charge on any atom is -0.445 e. The molecule has 1 fully saturated rings. The summed E-state index contributed by atoms with van der Waals surface area (Å²) in [4.78, 5) is 23.1. The Labute approximate surface area is 229 Å². The van der Waals surface area contributed by atoms with Gasteiger partial charge in [0.15, 0.2) is 5.82 Å². The van der Waals surface area contributed by atoms with Crippen LogP contribution in [0.2, 0.25) is 0 Å². The average molecular weight is 538 g/mol. The third-order valence-corrected chi connectivity index (χ3v) is 7.53. The number of fused-ring (bicyclic) bond motifs is 2. The van der Waals surface area contributed by atoms with E-state index in [4.69, 9.17) is 4.74 Å². The molecule has 39 heavy (non-hydrogen) atoms. The van der Waals surface area contributed by atoms with Gasteiger partial charge in [-0.2, -0.15) is 5.10 Å². The summed E-state index contributed by atoms with van der Waals surface area (Å²) in [6.45, 7) is 1.32. The molecule has 1 saturated heterocycles. The predicted molar refractivity (Wildman–Crippen MR) is 153 cm³/mol. The molecule has 4 heterocycles. The second-order valence-electron chi connectivity index (χ2n) is 9.60.